The predicted molar refractivity (Wildman–Crippen MR) is 323 cm³/mol. The van der Waals surface area contributed by atoms with Gasteiger partial charge in [0.15, 0.2) is 11.2 Å². The first-order valence-corrected chi connectivity index (χ1v) is 26.5. The fourth-order valence-corrected chi connectivity index (χ4v) is 12.7. The molecule has 366 valence electrons. The van der Waals surface area contributed by atoms with Gasteiger partial charge in [0, 0.05) is 54.8 Å². The summed E-state index contributed by atoms with van der Waals surface area (Å²) < 4.78 is 14.6. The lowest BCUT2D eigenvalue weighted by Crippen LogP contribution is -2.13. The largest absolute Gasteiger partial charge is 0.453 e. The fourth-order valence-electron chi connectivity index (χ4n) is 12.7. The summed E-state index contributed by atoms with van der Waals surface area (Å²) in [6.07, 6.45) is 0. The van der Waals surface area contributed by atoms with Crippen LogP contribution in [0.25, 0.3) is 98.4 Å². The minimum atomic E-state index is 0.857. The van der Waals surface area contributed by atoms with Gasteiger partial charge in [-0.15, -0.1) is 0 Å². The molecule has 14 aromatic rings. The molecule has 0 spiro atoms. The smallest absolute Gasteiger partial charge is 0.159 e. The lowest BCUT2D eigenvalue weighted by atomic mass is 9.91. The van der Waals surface area contributed by atoms with E-state index >= 15 is 0 Å². The minimum absolute atomic E-state index is 0.857. The number of aryl methyl sites for hydroxylation is 8. The number of rotatable bonds is 8. The van der Waals surface area contributed by atoms with Crippen molar-refractivity contribution >= 4 is 110 Å². The Balaban J connectivity index is 1.02. The van der Waals surface area contributed by atoms with Crippen molar-refractivity contribution in [2.45, 2.75) is 55.4 Å². The van der Waals surface area contributed by atoms with E-state index in [9.17, 15) is 0 Å². The van der Waals surface area contributed by atoms with Crippen molar-refractivity contribution < 1.29 is 8.83 Å². The molecule has 2 heterocycles. The van der Waals surface area contributed by atoms with Crippen LogP contribution in [0.4, 0.5) is 34.1 Å². The molecule has 0 aliphatic carbocycles. The Morgan fingerprint density at radius 1 is 0.263 bits per heavy atom. The molecular formula is C72H56N2O2. The van der Waals surface area contributed by atoms with Gasteiger partial charge in [0.1, 0.15) is 11.2 Å². The highest BCUT2D eigenvalue weighted by molar-refractivity contribution is 6.29. The normalized spacial score (nSPS) is 11.9. The van der Waals surface area contributed by atoms with Crippen LogP contribution in [-0.4, -0.2) is 0 Å². The zero-order valence-electron chi connectivity index (χ0n) is 44.2. The van der Waals surface area contributed by atoms with E-state index in [4.69, 9.17) is 8.83 Å². The summed E-state index contributed by atoms with van der Waals surface area (Å²) in [5.41, 5.74) is 24.2. The molecule has 14 rings (SSSR count). The van der Waals surface area contributed by atoms with E-state index in [2.05, 4.69) is 259 Å². The van der Waals surface area contributed by atoms with Gasteiger partial charge in [0.2, 0.25) is 0 Å². The molecule has 0 aliphatic heterocycles. The second kappa shape index (κ2) is 17.2. The molecule has 0 amide bonds. The van der Waals surface area contributed by atoms with Crippen molar-refractivity contribution in [2.24, 2.45) is 0 Å². The second-order valence-corrected chi connectivity index (χ2v) is 21.3. The average Bonchev–Trinajstić information content (AvgIpc) is 4.14. The van der Waals surface area contributed by atoms with Gasteiger partial charge in [-0.2, -0.15) is 0 Å². The van der Waals surface area contributed by atoms with E-state index in [1.165, 1.54) is 77.2 Å². The maximum atomic E-state index is 7.28. The molecule has 0 N–H and O–H groups in total. The summed E-state index contributed by atoms with van der Waals surface area (Å²) >= 11 is 0. The van der Waals surface area contributed by atoms with E-state index in [1.807, 2.05) is 0 Å². The first kappa shape index (κ1) is 45.5. The Labute approximate surface area is 443 Å². The van der Waals surface area contributed by atoms with Crippen molar-refractivity contribution in [1.29, 1.82) is 0 Å². The summed E-state index contributed by atoms with van der Waals surface area (Å²) in [6, 6.07) is 71.6. The molecular weight excluding hydrogens is 925 g/mol. The standard InChI is InChI=1S/C72H56N2O2/c1-41-27-29-43(3)63(39-41)73(61-25-13-21-53-51-19-11-23-57(69(51)75-71(53)61)65-45(5)15-9-16-46(65)6)59-37-33-49-32-36-56-60(38-34-50-31-35-55(59)67(49)68(50)56)74(64-40-42(2)28-30-44(64)4)62-26-14-22-54-52-20-12-24-58(70(52)76-72(54)62)66-47(7)17-10-18-48(66)8/h9-40H,1-8H3. The summed E-state index contributed by atoms with van der Waals surface area (Å²) in [4.78, 5) is 4.91. The Kier molecular flexibility index (Phi) is 10.3. The van der Waals surface area contributed by atoms with Gasteiger partial charge in [-0.25, -0.2) is 0 Å². The lowest BCUT2D eigenvalue weighted by molar-refractivity contribution is 0.669. The number of anilines is 6. The fraction of sp³-hybridized carbons (Fsp3) is 0.111. The number of hydrogen-bond acceptors (Lipinski definition) is 4. The summed E-state index contributed by atoms with van der Waals surface area (Å²) in [7, 11) is 0. The monoisotopic (exact) mass is 980 g/mol. The molecule has 0 atom stereocenters. The maximum absolute atomic E-state index is 7.28. The van der Waals surface area contributed by atoms with Crippen LogP contribution in [0.3, 0.4) is 0 Å². The number of nitrogens with zero attached hydrogens (tertiary/aromatic N) is 2. The van der Waals surface area contributed by atoms with Gasteiger partial charge in [0.25, 0.3) is 0 Å². The van der Waals surface area contributed by atoms with Crippen molar-refractivity contribution in [2.75, 3.05) is 9.80 Å². The Bertz CT molecular complexity index is 4360. The van der Waals surface area contributed by atoms with Gasteiger partial charge < -0.3 is 18.6 Å². The van der Waals surface area contributed by atoms with Crippen LogP contribution < -0.4 is 9.80 Å². The number of benzene rings is 12. The van der Waals surface area contributed by atoms with E-state index in [-0.39, 0.29) is 0 Å². The lowest BCUT2D eigenvalue weighted by Gasteiger charge is -2.30. The zero-order chi connectivity index (χ0) is 51.7. The van der Waals surface area contributed by atoms with Crippen molar-refractivity contribution in [3.63, 3.8) is 0 Å². The number of para-hydroxylation sites is 4. The second-order valence-electron chi connectivity index (χ2n) is 21.3. The molecule has 12 aromatic carbocycles. The van der Waals surface area contributed by atoms with Crippen LogP contribution in [0.15, 0.2) is 203 Å². The van der Waals surface area contributed by atoms with Crippen LogP contribution >= 0.6 is 0 Å². The molecule has 2 aromatic heterocycles. The minimum Gasteiger partial charge on any atom is -0.453 e. The Morgan fingerprint density at radius 2 is 0.618 bits per heavy atom. The van der Waals surface area contributed by atoms with Crippen molar-refractivity contribution in [3.8, 4) is 22.3 Å². The summed E-state index contributed by atoms with van der Waals surface area (Å²) in [5, 5.41) is 11.5. The van der Waals surface area contributed by atoms with Crippen LogP contribution in [0, 0.1) is 55.4 Å². The molecule has 0 saturated carbocycles. The number of furan rings is 2. The van der Waals surface area contributed by atoms with E-state index in [0.29, 0.717) is 0 Å². The van der Waals surface area contributed by atoms with Crippen LogP contribution in [0.1, 0.15) is 44.5 Å². The van der Waals surface area contributed by atoms with E-state index in [0.717, 1.165) is 99.9 Å². The third-order valence-corrected chi connectivity index (χ3v) is 16.3. The highest BCUT2D eigenvalue weighted by atomic mass is 16.3. The molecule has 0 saturated heterocycles. The molecule has 4 nitrogen and oxygen atoms in total. The van der Waals surface area contributed by atoms with Crippen molar-refractivity contribution in [3.05, 3.63) is 239 Å². The molecule has 0 fully saturated rings. The zero-order valence-corrected chi connectivity index (χ0v) is 44.2. The van der Waals surface area contributed by atoms with Crippen LogP contribution in [0.2, 0.25) is 0 Å². The van der Waals surface area contributed by atoms with Gasteiger partial charge in [0.05, 0.1) is 22.7 Å². The summed E-state index contributed by atoms with van der Waals surface area (Å²) in [6.45, 7) is 17.6. The topological polar surface area (TPSA) is 32.8 Å². The molecule has 76 heavy (non-hydrogen) atoms. The predicted octanol–water partition coefficient (Wildman–Crippen LogP) is 21.1. The molecule has 4 heteroatoms. The SMILES string of the molecule is Cc1ccc(C)c(N(c2ccc3ccc4c(N(c5cc(C)ccc5C)c5cccc6c5oc5c(-c7c(C)cccc7C)cccc56)ccc5ccc2c3c54)c2cccc3c2oc2c(-c4c(C)cccc4C)cccc23)c1. The Hall–Kier alpha value is -9.12. The number of hydrogen-bond donors (Lipinski definition) is 0. The summed E-state index contributed by atoms with van der Waals surface area (Å²) in [5.74, 6) is 0. The van der Waals surface area contributed by atoms with Crippen LogP contribution in [0.5, 0.6) is 0 Å². The molecule has 0 unspecified atom stereocenters. The van der Waals surface area contributed by atoms with E-state index < -0.39 is 0 Å². The first-order chi connectivity index (χ1) is 37.0. The maximum Gasteiger partial charge on any atom is 0.159 e. The quantitative estimate of drug-likeness (QED) is 0.142. The highest BCUT2D eigenvalue weighted by Crippen LogP contribution is 2.52. The van der Waals surface area contributed by atoms with Gasteiger partial charge in [-0.3, -0.25) is 0 Å². The number of fused-ring (bicyclic) bond motifs is 6. The van der Waals surface area contributed by atoms with Crippen molar-refractivity contribution in [1.82, 2.24) is 0 Å². The van der Waals surface area contributed by atoms with Gasteiger partial charge in [-0.05, 0) is 169 Å². The van der Waals surface area contributed by atoms with Gasteiger partial charge >= 0.3 is 0 Å². The highest BCUT2D eigenvalue weighted by Gasteiger charge is 2.28. The van der Waals surface area contributed by atoms with E-state index in [1.54, 1.807) is 0 Å². The van der Waals surface area contributed by atoms with Gasteiger partial charge in [-0.1, -0.05) is 158 Å². The first-order valence-electron chi connectivity index (χ1n) is 26.5. The molecule has 0 radical (unpaired) electrons. The average molecular weight is 981 g/mol. The third-order valence-electron chi connectivity index (χ3n) is 16.3. The van der Waals surface area contributed by atoms with Crippen LogP contribution in [-0.2, 0) is 0 Å². The molecule has 0 aliphatic rings. The third kappa shape index (κ3) is 6.83. The molecule has 0 bridgehead atoms. The Morgan fingerprint density at radius 3 is 1.03 bits per heavy atom.